The predicted molar refractivity (Wildman–Crippen MR) is 120 cm³/mol. The van der Waals surface area contributed by atoms with Gasteiger partial charge in [0.05, 0.1) is 12.0 Å². The molecule has 4 aromatic heterocycles. The molecule has 1 aliphatic heterocycles. The minimum atomic E-state index is -0.332. The summed E-state index contributed by atoms with van der Waals surface area (Å²) in [6.45, 7) is 2.19. The number of piperazine rings is 1. The molecule has 0 radical (unpaired) electrons. The first kappa shape index (κ1) is 20.6. The van der Waals surface area contributed by atoms with Gasteiger partial charge in [0, 0.05) is 50.2 Å². The van der Waals surface area contributed by atoms with E-state index in [0.717, 1.165) is 17.1 Å². The first-order chi connectivity index (χ1) is 16.2. The van der Waals surface area contributed by atoms with E-state index in [4.69, 9.17) is 4.42 Å². The minimum Gasteiger partial charge on any atom is -0.463 e. The molecule has 0 aromatic carbocycles. The zero-order valence-corrected chi connectivity index (χ0v) is 17.7. The Morgan fingerprint density at radius 1 is 0.909 bits per heavy atom. The molecule has 0 N–H and O–H groups in total. The third-order valence-corrected chi connectivity index (χ3v) is 5.51. The second-order valence-electron chi connectivity index (χ2n) is 7.57. The molecule has 5 rings (SSSR count). The molecular weight excluding hydrogens is 422 g/mol. The average molecular weight is 443 g/mol. The number of pyridine rings is 1. The van der Waals surface area contributed by atoms with Crippen LogP contribution in [-0.2, 0) is 11.3 Å². The summed E-state index contributed by atoms with van der Waals surface area (Å²) in [5.74, 6) is 1.16. The predicted octanol–water partition coefficient (Wildman–Crippen LogP) is 1.70. The third kappa shape index (κ3) is 4.49. The molecule has 5 heterocycles. The smallest absolute Gasteiger partial charge is 0.267 e. The lowest BCUT2D eigenvalue weighted by molar-refractivity contribution is -0.132. The zero-order chi connectivity index (χ0) is 22.6. The number of carbonyl (C=O) groups excluding carboxylic acids is 1. The van der Waals surface area contributed by atoms with Gasteiger partial charge >= 0.3 is 0 Å². The summed E-state index contributed by atoms with van der Waals surface area (Å²) in [4.78, 5) is 32.9. The number of anilines is 1. The minimum absolute atomic E-state index is 0.117. The maximum Gasteiger partial charge on any atom is 0.267 e. The van der Waals surface area contributed by atoms with Crippen LogP contribution in [0.4, 0.5) is 5.82 Å². The molecule has 1 aliphatic rings. The fraction of sp³-hybridized carbons (Fsp3) is 0.217. The maximum absolute atomic E-state index is 12.8. The lowest BCUT2D eigenvalue weighted by atomic mass is 10.2. The van der Waals surface area contributed by atoms with Crippen LogP contribution >= 0.6 is 0 Å². The third-order valence-electron chi connectivity index (χ3n) is 5.51. The van der Waals surface area contributed by atoms with E-state index in [1.807, 2.05) is 24.3 Å². The number of aromatic nitrogens is 5. The Kier molecular flexibility index (Phi) is 5.62. The Morgan fingerprint density at radius 3 is 2.39 bits per heavy atom. The first-order valence-electron chi connectivity index (χ1n) is 10.6. The van der Waals surface area contributed by atoms with Crippen LogP contribution < -0.4 is 10.5 Å². The van der Waals surface area contributed by atoms with Gasteiger partial charge in [0.15, 0.2) is 11.6 Å². The normalized spacial score (nSPS) is 13.8. The van der Waals surface area contributed by atoms with E-state index < -0.39 is 0 Å². The van der Waals surface area contributed by atoms with Crippen LogP contribution in [0.3, 0.4) is 0 Å². The molecule has 0 aliphatic carbocycles. The fourth-order valence-corrected chi connectivity index (χ4v) is 3.70. The molecule has 166 valence electrons. The molecule has 0 bridgehead atoms. The fourth-order valence-electron chi connectivity index (χ4n) is 3.70. The molecule has 4 aromatic rings. The highest BCUT2D eigenvalue weighted by atomic mass is 16.3. The van der Waals surface area contributed by atoms with E-state index >= 15 is 0 Å². The summed E-state index contributed by atoms with van der Waals surface area (Å²) < 4.78 is 6.51. The van der Waals surface area contributed by atoms with Gasteiger partial charge in [0.2, 0.25) is 5.91 Å². The number of hydrogen-bond donors (Lipinski definition) is 0. The van der Waals surface area contributed by atoms with Crippen molar-refractivity contribution in [2.75, 3.05) is 31.1 Å². The quantitative estimate of drug-likeness (QED) is 0.458. The largest absolute Gasteiger partial charge is 0.463 e. The van der Waals surface area contributed by atoms with Gasteiger partial charge in [-0.3, -0.25) is 14.6 Å². The highest BCUT2D eigenvalue weighted by Crippen LogP contribution is 2.19. The molecule has 1 saturated heterocycles. The van der Waals surface area contributed by atoms with Crippen molar-refractivity contribution in [1.29, 1.82) is 0 Å². The molecule has 0 saturated carbocycles. The van der Waals surface area contributed by atoms with E-state index in [1.54, 1.807) is 35.5 Å². The van der Waals surface area contributed by atoms with Gasteiger partial charge in [-0.15, -0.1) is 10.2 Å². The van der Waals surface area contributed by atoms with Crippen molar-refractivity contribution in [3.63, 3.8) is 0 Å². The van der Waals surface area contributed by atoms with Crippen molar-refractivity contribution in [2.24, 2.45) is 0 Å². The Balaban J connectivity index is 1.20. The number of nitrogens with zero attached hydrogens (tertiary/aromatic N) is 7. The van der Waals surface area contributed by atoms with Gasteiger partial charge in [-0.2, -0.15) is 5.10 Å². The standard InChI is InChI=1S/C23H21N7O3/c31-22-6-4-19(20-2-1-15-33-20)27-30(22)16-23(32)29-13-11-28(12-14-29)21-5-3-18(25-26-21)17-7-9-24-10-8-17/h1-10,15H,11-14,16H2. The summed E-state index contributed by atoms with van der Waals surface area (Å²) in [7, 11) is 0. The zero-order valence-electron chi connectivity index (χ0n) is 17.7. The van der Waals surface area contributed by atoms with E-state index in [9.17, 15) is 9.59 Å². The van der Waals surface area contributed by atoms with Crippen molar-refractivity contribution in [1.82, 2.24) is 29.9 Å². The lowest BCUT2D eigenvalue weighted by Crippen LogP contribution is -2.50. The number of carbonyl (C=O) groups is 1. The van der Waals surface area contributed by atoms with Gasteiger partial charge in [0.25, 0.3) is 5.56 Å². The van der Waals surface area contributed by atoms with Gasteiger partial charge in [-0.25, -0.2) is 4.68 Å². The highest BCUT2D eigenvalue weighted by Gasteiger charge is 2.23. The van der Waals surface area contributed by atoms with Crippen molar-refractivity contribution in [2.45, 2.75) is 6.54 Å². The first-order valence-corrected chi connectivity index (χ1v) is 10.6. The molecule has 1 amide bonds. The van der Waals surface area contributed by atoms with Crippen molar-refractivity contribution >= 4 is 11.7 Å². The van der Waals surface area contributed by atoms with E-state index in [2.05, 4.69) is 25.2 Å². The van der Waals surface area contributed by atoms with Gasteiger partial charge < -0.3 is 14.2 Å². The van der Waals surface area contributed by atoms with Crippen LogP contribution in [-0.4, -0.2) is 61.9 Å². The number of rotatable bonds is 5. The molecule has 10 heteroatoms. The number of furan rings is 1. The monoisotopic (exact) mass is 443 g/mol. The summed E-state index contributed by atoms with van der Waals surface area (Å²) >= 11 is 0. The molecule has 10 nitrogen and oxygen atoms in total. The van der Waals surface area contributed by atoms with Crippen molar-refractivity contribution in [3.05, 3.63) is 77.5 Å². The molecule has 33 heavy (non-hydrogen) atoms. The second-order valence-corrected chi connectivity index (χ2v) is 7.57. The Hall–Kier alpha value is -4.34. The van der Waals surface area contributed by atoms with Gasteiger partial charge in [0.1, 0.15) is 12.2 Å². The maximum atomic E-state index is 12.8. The second kappa shape index (κ2) is 9.03. The Labute approximate surface area is 189 Å². The summed E-state index contributed by atoms with van der Waals surface area (Å²) in [5, 5.41) is 12.9. The van der Waals surface area contributed by atoms with Gasteiger partial charge in [-0.05, 0) is 42.5 Å². The topological polar surface area (TPSA) is 110 Å². The average Bonchev–Trinajstić information content (AvgIpc) is 3.41. The summed E-state index contributed by atoms with van der Waals surface area (Å²) in [6.07, 6.45) is 4.98. The Bertz CT molecular complexity index is 1280. The van der Waals surface area contributed by atoms with Gasteiger partial charge in [-0.1, -0.05) is 0 Å². The molecule has 0 spiro atoms. The van der Waals surface area contributed by atoms with Crippen molar-refractivity contribution in [3.8, 4) is 22.7 Å². The van der Waals surface area contributed by atoms with Crippen LogP contribution in [0.25, 0.3) is 22.7 Å². The van der Waals surface area contributed by atoms with Crippen LogP contribution in [0.15, 0.2) is 76.4 Å². The number of hydrogen-bond acceptors (Lipinski definition) is 8. The molecule has 0 atom stereocenters. The van der Waals surface area contributed by atoms with E-state index in [-0.39, 0.29) is 18.0 Å². The SMILES string of the molecule is O=C(Cn1nc(-c2ccco2)ccc1=O)N1CCN(c2ccc(-c3ccncc3)nn2)CC1. The van der Waals surface area contributed by atoms with E-state index in [0.29, 0.717) is 37.6 Å². The van der Waals surface area contributed by atoms with Crippen LogP contribution in [0, 0.1) is 0 Å². The van der Waals surface area contributed by atoms with Crippen LogP contribution in [0.1, 0.15) is 0 Å². The van der Waals surface area contributed by atoms with E-state index in [1.165, 1.54) is 17.0 Å². The molecule has 1 fully saturated rings. The number of amides is 1. The Morgan fingerprint density at radius 2 is 1.70 bits per heavy atom. The molecular formula is C23H21N7O3. The summed E-state index contributed by atoms with van der Waals surface area (Å²) in [6, 6.07) is 14.1. The summed E-state index contributed by atoms with van der Waals surface area (Å²) in [5.41, 5.74) is 1.91. The lowest BCUT2D eigenvalue weighted by Gasteiger charge is -2.35. The molecule has 0 unspecified atom stereocenters. The van der Waals surface area contributed by atoms with Crippen molar-refractivity contribution < 1.29 is 9.21 Å². The van der Waals surface area contributed by atoms with Crippen LogP contribution in [0.5, 0.6) is 0 Å². The highest BCUT2D eigenvalue weighted by molar-refractivity contribution is 5.76. The van der Waals surface area contributed by atoms with Crippen LogP contribution in [0.2, 0.25) is 0 Å².